The molecule has 0 saturated heterocycles. The van der Waals surface area contributed by atoms with Crippen molar-refractivity contribution < 1.29 is 9.13 Å². The van der Waals surface area contributed by atoms with Crippen LogP contribution in [0.25, 0.3) is 0 Å². The van der Waals surface area contributed by atoms with Crippen LogP contribution in [0.1, 0.15) is 155 Å². The minimum absolute atomic E-state index is 1.16. The van der Waals surface area contributed by atoms with Crippen LogP contribution in [0.4, 0.5) is 0 Å². The highest BCUT2D eigenvalue weighted by molar-refractivity contribution is 7.99. The summed E-state index contributed by atoms with van der Waals surface area (Å²) in [6.45, 7) is 6.92. The molecule has 2 aromatic heterocycles. The molecule has 0 bridgehead atoms. The average molecular weight is 615 g/mol. The zero-order chi connectivity index (χ0) is 29.8. The molecule has 0 spiro atoms. The largest absolute Gasteiger partial charge is 0.205 e. The van der Waals surface area contributed by atoms with E-state index >= 15 is 0 Å². The minimum Gasteiger partial charge on any atom is -0.205 e. The van der Waals surface area contributed by atoms with Crippen LogP contribution in [0.2, 0.25) is 0 Å². The maximum Gasteiger partial charge on any atom is 0.169 e. The summed E-state index contributed by atoms with van der Waals surface area (Å²) in [4.78, 5) is 2.83. The van der Waals surface area contributed by atoms with Crippen LogP contribution in [-0.4, -0.2) is 11.5 Å². The Kier molecular flexibility index (Phi) is 24.4. The molecule has 0 atom stereocenters. The molecule has 4 heteroatoms. The van der Waals surface area contributed by atoms with Crippen molar-refractivity contribution >= 4 is 23.5 Å². The van der Waals surface area contributed by atoms with Crippen molar-refractivity contribution in [1.82, 2.24) is 0 Å². The highest BCUT2D eigenvalue weighted by Gasteiger charge is 2.04. The summed E-state index contributed by atoms with van der Waals surface area (Å²) in [6, 6.07) is 9.24. The quantitative estimate of drug-likeness (QED) is 0.0511. The fourth-order valence-electron chi connectivity index (χ4n) is 5.53. The number of nitrogens with zero attached hydrogens (tertiary/aromatic N) is 2. The van der Waals surface area contributed by atoms with Crippen molar-refractivity contribution in [3.05, 3.63) is 49.1 Å². The summed E-state index contributed by atoms with van der Waals surface area (Å²) in [7, 11) is 0. The number of rotatable bonds is 29. The van der Waals surface area contributed by atoms with Crippen LogP contribution in [0, 0.1) is 0 Å². The standard InChI is InChI=1S/C38H66N2S2/c1-3-5-7-9-11-13-15-17-19-21-29-39-31-25-37(26-32-39)41-35-23-24-36-42-38-27-33-40(34-28-38)30-22-20-18-16-14-12-10-8-6-4-2/h25-28,31-34H,3-24,29-30,35-36H2,1-2H3/q+2. The third kappa shape index (κ3) is 20.8. The molecule has 2 nitrogen and oxygen atoms in total. The van der Waals surface area contributed by atoms with Crippen LogP contribution in [-0.2, 0) is 13.1 Å². The summed E-state index contributed by atoms with van der Waals surface area (Å²) in [6.07, 6.45) is 39.8. The van der Waals surface area contributed by atoms with Crippen LogP contribution in [0.5, 0.6) is 0 Å². The normalized spacial score (nSPS) is 11.4. The molecule has 2 aromatic rings. The van der Waals surface area contributed by atoms with E-state index in [9.17, 15) is 0 Å². The second kappa shape index (κ2) is 27.5. The highest BCUT2D eigenvalue weighted by atomic mass is 32.2. The lowest BCUT2D eigenvalue weighted by atomic mass is 10.1. The van der Waals surface area contributed by atoms with Gasteiger partial charge < -0.3 is 0 Å². The molecule has 0 aromatic carbocycles. The number of unbranched alkanes of at least 4 members (excludes halogenated alkanes) is 19. The lowest BCUT2D eigenvalue weighted by Gasteiger charge is -2.04. The van der Waals surface area contributed by atoms with Crippen LogP contribution in [0.3, 0.4) is 0 Å². The number of hydrogen-bond donors (Lipinski definition) is 0. The van der Waals surface area contributed by atoms with Crippen molar-refractivity contribution in [2.24, 2.45) is 0 Å². The van der Waals surface area contributed by atoms with E-state index in [1.807, 2.05) is 23.5 Å². The van der Waals surface area contributed by atoms with Crippen LogP contribution < -0.4 is 9.13 Å². The number of thioether (sulfide) groups is 2. The molecule has 0 aliphatic rings. The lowest BCUT2D eigenvalue weighted by Crippen LogP contribution is -2.32. The smallest absolute Gasteiger partial charge is 0.169 e. The SMILES string of the molecule is CCCCCCCCCCCC[n+]1ccc(SCCCCSc2cc[n+](CCCCCCCCCCCC)cc2)cc1. The maximum absolute atomic E-state index is 2.37. The predicted molar refractivity (Wildman–Crippen MR) is 188 cm³/mol. The first-order chi connectivity index (χ1) is 20.8. The number of hydrogen-bond acceptors (Lipinski definition) is 2. The van der Waals surface area contributed by atoms with Crippen LogP contribution >= 0.6 is 23.5 Å². The Bertz CT molecular complexity index is 766. The van der Waals surface area contributed by atoms with Gasteiger partial charge in [0.2, 0.25) is 0 Å². The van der Waals surface area contributed by atoms with Gasteiger partial charge in [0.1, 0.15) is 13.1 Å². The molecule has 2 rings (SSSR count). The monoisotopic (exact) mass is 614 g/mol. The van der Waals surface area contributed by atoms with Crippen LogP contribution in [0.15, 0.2) is 58.8 Å². The van der Waals surface area contributed by atoms with E-state index in [0.29, 0.717) is 0 Å². The first-order valence-electron chi connectivity index (χ1n) is 18.1. The molecule has 2 heterocycles. The van der Waals surface area contributed by atoms with E-state index < -0.39 is 0 Å². The van der Waals surface area contributed by atoms with Crippen molar-refractivity contribution in [1.29, 1.82) is 0 Å². The maximum atomic E-state index is 2.37. The van der Waals surface area contributed by atoms with E-state index in [4.69, 9.17) is 0 Å². The number of aromatic nitrogens is 2. The Morgan fingerprint density at radius 2 is 0.667 bits per heavy atom. The fraction of sp³-hybridized carbons (Fsp3) is 0.737. The minimum atomic E-state index is 1.16. The van der Waals surface area contributed by atoms with Gasteiger partial charge in [0, 0.05) is 46.9 Å². The molecule has 0 saturated carbocycles. The van der Waals surface area contributed by atoms with Crippen molar-refractivity contribution in [2.45, 2.75) is 178 Å². The van der Waals surface area contributed by atoms with Gasteiger partial charge in [0.15, 0.2) is 24.8 Å². The molecule has 0 unspecified atom stereocenters. The Hall–Kier alpha value is -1.00. The molecule has 42 heavy (non-hydrogen) atoms. The molecular formula is C38H66N2S2+2. The molecule has 0 N–H and O–H groups in total. The third-order valence-corrected chi connectivity index (χ3v) is 10.5. The zero-order valence-corrected chi connectivity index (χ0v) is 29.3. The fourth-order valence-corrected chi connectivity index (χ4v) is 7.32. The van der Waals surface area contributed by atoms with Gasteiger partial charge in [-0.2, -0.15) is 0 Å². The predicted octanol–water partition coefficient (Wildman–Crippen LogP) is 11.8. The van der Waals surface area contributed by atoms with Gasteiger partial charge in [0.25, 0.3) is 0 Å². The van der Waals surface area contributed by atoms with Gasteiger partial charge in [-0.25, -0.2) is 9.13 Å². The molecule has 238 valence electrons. The summed E-state index contributed by atoms with van der Waals surface area (Å²) in [5.74, 6) is 2.44. The van der Waals surface area contributed by atoms with Crippen molar-refractivity contribution in [2.75, 3.05) is 11.5 Å². The Labute approximate surface area is 270 Å². The van der Waals surface area contributed by atoms with E-state index in [0.717, 1.165) is 13.1 Å². The molecular weight excluding hydrogens is 549 g/mol. The number of aryl methyl sites for hydroxylation is 2. The van der Waals surface area contributed by atoms with Gasteiger partial charge in [-0.05, 0) is 37.2 Å². The molecule has 0 radical (unpaired) electrons. The summed E-state index contributed by atoms with van der Waals surface area (Å²) < 4.78 is 4.73. The molecule has 0 aliphatic carbocycles. The molecule has 0 fully saturated rings. The summed E-state index contributed by atoms with van der Waals surface area (Å²) >= 11 is 4.03. The Morgan fingerprint density at radius 3 is 0.976 bits per heavy atom. The Balaban J connectivity index is 1.40. The van der Waals surface area contributed by atoms with Crippen molar-refractivity contribution in [3.8, 4) is 0 Å². The van der Waals surface area contributed by atoms with Crippen molar-refractivity contribution in [3.63, 3.8) is 0 Å². The van der Waals surface area contributed by atoms with Gasteiger partial charge in [0.05, 0.1) is 0 Å². The Morgan fingerprint density at radius 1 is 0.381 bits per heavy atom. The second-order valence-electron chi connectivity index (χ2n) is 12.3. The molecule has 0 amide bonds. The number of pyridine rings is 2. The summed E-state index contributed by atoms with van der Waals surface area (Å²) in [5, 5.41) is 0. The van der Waals surface area contributed by atoms with E-state index in [1.165, 1.54) is 163 Å². The highest BCUT2D eigenvalue weighted by Crippen LogP contribution is 2.21. The molecule has 0 aliphatic heterocycles. The van der Waals surface area contributed by atoms with E-state index in [-0.39, 0.29) is 0 Å². The zero-order valence-electron chi connectivity index (χ0n) is 27.7. The first-order valence-corrected chi connectivity index (χ1v) is 20.0. The average Bonchev–Trinajstić information content (AvgIpc) is 3.02. The van der Waals surface area contributed by atoms with Gasteiger partial charge in [-0.15, -0.1) is 23.5 Å². The topological polar surface area (TPSA) is 7.76 Å². The van der Waals surface area contributed by atoms with Gasteiger partial charge in [-0.3, -0.25) is 0 Å². The van der Waals surface area contributed by atoms with E-state index in [2.05, 4.69) is 72.0 Å². The van der Waals surface area contributed by atoms with Gasteiger partial charge >= 0.3 is 0 Å². The van der Waals surface area contributed by atoms with E-state index in [1.54, 1.807) is 0 Å². The lowest BCUT2D eigenvalue weighted by molar-refractivity contribution is -0.697. The third-order valence-electron chi connectivity index (χ3n) is 8.34. The summed E-state index contributed by atoms with van der Waals surface area (Å²) in [5.41, 5.74) is 0. The first kappa shape index (κ1) is 37.2. The van der Waals surface area contributed by atoms with Gasteiger partial charge in [-0.1, -0.05) is 117 Å². The second-order valence-corrected chi connectivity index (χ2v) is 14.6.